The number of hydrogen-bond acceptors (Lipinski definition) is 3. The molecule has 2 aromatic rings. The quantitative estimate of drug-likeness (QED) is 0.614. The van der Waals surface area contributed by atoms with E-state index in [-0.39, 0.29) is 12.1 Å². The van der Waals surface area contributed by atoms with E-state index in [2.05, 4.69) is 5.32 Å². The van der Waals surface area contributed by atoms with Crippen LogP contribution in [0.2, 0.25) is 0 Å². The number of carbonyl (C=O) groups excluding carboxylic acids is 1. The van der Waals surface area contributed by atoms with Crippen molar-refractivity contribution in [2.24, 2.45) is 5.92 Å². The molecule has 1 amide bonds. The molecule has 0 saturated heterocycles. The fraction of sp³-hybridized carbons (Fsp3) is 0.364. The van der Waals surface area contributed by atoms with Gasteiger partial charge in [-0.15, -0.1) is 0 Å². The van der Waals surface area contributed by atoms with Crippen molar-refractivity contribution in [3.05, 3.63) is 64.7 Å². The van der Waals surface area contributed by atoms with Crippen molar-refractivity contribution >= 4 is 11.9 Å². The molecule has 0 heterocycles. The monoisotopic (exact) mass is 423 g/mol. The lowest BCUT2D eigenvalue weighted by Gasteiger charge is -2.15. The average molecular weight is 423 g/mol. The topological polar surface area (TPSA) is 75.6 Å². The smallest absolute Gasteiger partial charge is 0.416 e. The Balaban J connectivity index is 2.14. The third-order valence-electron chi connectivity index (χ3n) is 4.66. The van der Waals surface area contributed by atoms with Crippen molar-refractivity contribution < 1.29 is 32.6 Å². The van der Waals surface area contributed by atoms with Crippen LogP contribution in [0.15, 0.2) is 42.5 Å². The molecule has 0 fully saturated rings. The van der Waals surface area contributed by atoms with Crippen molar-refractivity contribution in [3.8, 4) is 5.75 Å². The number of benzene rings is 2. The Labute approximate surface area is 172 Å². The first-order valence-electron chi connectivity index (χ1n) is 9.58. The van der Waals surface area contributed by atoms with E-state index < -0.39 is 29.5 Å². The van der Waals surface area contributed by atoms with Crippen molar-refractivity contribution in [1.29, 1.82) is 0 Å². The van der Waals surface area contributed by atoms with Gasteiger partial charge in [-0.3, -0.25) is 9.59 Å². The zero-order valence-corrected chi connectivity index (χ0v) is 16.8. The summed E-state index contributed by atoms with van der Waals surface area (Å²) < 4.78 is 43.5. The third-order valence-corrected chi connectivity index (χ3v) is 4.66. The molecular formula is C22H24F3NO4. The molecule has 0 bridgehead atoms. The van der Waals surface area contributed by atoms with Gasteiger partial charge in [-0.2, -0.15) is 13.2 Å². The zero-order valence-electron chi connectivity index (χ0n) is 16.8. The van der Waals surface area contributed by atoms with E-state index in [0.717, 1.165) is 29.8 Å². The number of carbonyl (C=O) groups is 2. The third kappa shape index (κ3) is 6.23. The molecule has 0 aromatic heterocycles. The molecule has 0 spiro atoms. The number of amides is 1. The largest absolute Gasteiger partial charge is 0.494 e. The van der Waals surface area contributed by atoms with E-state index in [1.165, 1.54) is 0 Å². The SMILES string of the molecule is CCOc1ccc(CC(CC)C(=O)O)cc1CNC(=O)c1ccc(C(F)(F)F)cc1. The molecule has 5 nitrogen and oxygen atoms in total. The van der Waals surface area contributed by atoms with E-state index in [4.69, 9.17) is 4.74 Å². The summed E-state index contributed by atoms with van der Waals surface area (Å²) in [5.41, 5.74) is 0.740. The number of hydrogen-bond donors (Lipinski definition) is 2. The van der Waals surface area contributed by atoms with Gasteiger partial charge in [0.15, 0.2) is 0 Å². The molecule has 0 aliphatic carbocycles. The lowest BCUT2D eigenvalue weighted by atomic mass is 9.95. The van der Waals surface area contributed by atoms with Crippen LogP contribution >= 0.6 is 0 Å². The molecule has 0 saturated carbocycles. The Hall–Kier alpha value is -3.03. The molecular weight excluding hydrogens is 399 g/mol. The minimum Gasteiger partial charge on any atom is -0.494 e. The van der Waals surface area contributed by atoms with E-state index in [0.29, 0.717) is 30.8 Å². The maximum absolute atomic E-state index is 12.7. The van der Waals surface area contributed by atoms with Crippen molar-refractivity contribution in [1.82, 2.24) is 5.32 Å². The molecule has 162 valence electrons. The fourth-order valence-electron chi connectivity index (χ4n) is 2.97. The second kappa shape index (κ2) is 10.1. The summed E-state index contributed by atoms with van der Waals surface area (Å²) in [5, 5.41) is 11.9. The Morgan fingerprint density at radius 2 is 1.77 bits per heavy atom. The highest BCUT2D eigenvalue weighted by Gasteiger charge is 2.30. The Morgan fingerprint density at radius 1 is 1.10 bits per heavy atom. The number of rotatable bonds is 9. The van der Waals surface area contributed by atoms with Crippen molar-refractivity contribution in [2.75, 3.05) is 6.61 Å². The number of alkyl halides is 3. The predicted octanol–water partition coefficient (Wildman–Crippen LogP) is 4.69. The molecule has 0 aliphatic heterocycles. The van der Waals surface area contributed by atoms with E-state index in [1.54, 1.807) is 25.1 Å². The number of aliphatic carboxylic acids is 1. The Kier molecular flexibility index (Phi) is 7.86. The fourth-order valence-corrected chi connectivity index (χ4v) is 2.97. The lowest BCUT2D eigenvalue weighted by Crippen LogP contribution is -2.23. The maximum atomic E-state index is 12.7. The van der Waals surface area contributed by atoms with Gasteiger partial charge in [-0.1, -0.05) is 19.1 Å². The summed E-state index contributed by atoms with van der Waals surface area (Å²) in [6.07, 6.45) is -3.63. The maximum Gasteiger partial charge on any atom is 0.416 e. The van der Waals surface area contributed by atoms with Gasteiger partial charge in [0.2, 0.25) is 0 Å². The van der Waals surface area contributed by atoms with Crippen LogP contribution in [0, 0.1) is 5.92 Å². The van der Waals surface area contributed by atoms with Crippen LogP contribution in [0.25, 0.3) is 0 Å². The van der Waals surface area contributed by atoms with E-state index >= 15 is 0 Å². The number of nitrogens with one attached hydrogen (secondary N) is 1. The van der Waals surface area contributed by atoms with Crippen LogP contribution in [0.5, 0.6) is 5.75 Å². The van der Waals surface area contributed by atoms with Crippen LogP contribution < -0.4 is 10.1 Å². The molecule has 2 rings (SSSR count). The summed E-state index contributed by atoms with van der Waals surface area (Å²) in [7, 11) is 0. The van der Waals surface area contributed by atoms with Crippen LogP contribution in [0.4, 0.5) is 13.2 Å². The van der Waals surface area contributed by atoms with Gasteiger partial charge >= 0.3 is 12.1 Å². The molecule has 0 aliphatic rings. The van der Waals surface area contributed by atoms with E-state index in [9.17, 15) is 27.9 Å². The molecule has 2 aromatic carbocycles. The summed E-state index contributed by atoms with van der Waals surface area (Å²) in [4.78, 5) is 23.6. The van der Waals surface area contributed by atoms with Crippen molar-refractivity contribution in [3.63, 3.8) is 0 Å². The first-order chi connectivity index (χ1) is 14.2. The van der Waals surface area contributed by atoms with Gasteiger partial charge in [0, 0.05) is 17.7 Å². The molecule has 2 N–H and O–H groups in total. The molecule has 1 atom stereocenters. The predicted molar refractivity (Wildman–Crippen MR) is 105 cm³/mol. The van der Waals surface area contributed by atoms with E-state index in [1.807, 2.05) is 6.92 Å². The molecule has 30 heavy (non-hydrogen) atoms. The van der Waals surface area contributed by atoms with Gasteiger partial charge in [-0.25, -0.2) is 0 Å². The van der Waals surface area contributed by atoms with Gasteiger partial charge in [0.25, 0.3) is 5.91 Å². The number of carboxylic acids is 1. The lowest BCUT2D eigenvalue weighted by molar-refractivity contribution is -0.141. The molecule has 1 unspecified atom stereocenters. The van der Waals surface area contributed by atoms with Gasteiger partial charge < -0.3 is 15.2 Å². The first-order valence-corrected chi connectivity index (χ1v) is 9.58. The van der Waals surface area contributed by atoms with Crippen LogP contribution in [-0.4, -0.2) is 23.6 Å². The number of ether oxygens (including phenoxy) is 1. The Bertz CT molecular complexity index is 879. The summed E-state index contributed by atoms with van der Waals surface area (Å²) >= 11 is 0. The van der Waals surface area contributed by atoms with Crippen molar-refractivity contribution in [2.45, 2.75) is 39.4 Å². The van der Waals surface area contributed by atoms with Gasteiger partial charge in [0.1, 0.15) is 5.75 Å². The highest BCUT2D eigenvalue weighted by molar-refractivity contribution is 5.94. The Morgan fingerprint density at radius 3 is 2.30 bits per heavy atom. The highest BCUT2D eigenvalue weighted by atomic mass is 19.4. The van der Waals surface area contributed by atoms with Crippen LogP contribution in [0.1, 0.15) is 47.3 Å². The van der Waals surface area contributed by atoms with Crippen LogP contribution in [-0.2, 0) is 23.9 Å². The average Bonchev–Trinajstić information content (AvgIpc) is 2.70. The second-order valence-electron chi connectivity index (χ2n) is 6.78. The van der Waals surface area contributed by atoms with Crippen LogP contribution in [0.3, 0.4) is 0 Å². The molecule has 8 heteroatoms. The highest BCUT2D eigenvalue weighted by Crippen LogP contribution is 2.29. The normalized spacial score (nSPS) is 12.3. The first kappa shape index (κ1) is 23.3. The minimum atomic E-state index is -4.46. The summed E-state index contributed by atoms with van der Waals surface area (Å²) in [6.45, 7) is 4.12. The standard InChI is InChI=1S/C22H24F3NO4/c1-3-15(21(28)29)11-14-5-10-19(30-4-2)17(12-14)13-26-20(27)16-6-8-18(9-7-16)22(23,24)25/h5-10,12,15H,3-4,11,13H2,1-2H3,(H,26,27)(H,28,29). The summed E-state index contributed by atoms with van der Waals surface area (Å²) in [6, 6.07) is 9.26. The van der Waals surface area contributed by atoms with Gasteiger partial charge in [0.05, 0.1) is 18.1 Å². The minimum absolute atomic E-state index is 0.0902. The second-order valence-corrected chi connectivity index (χ2v) is 6.78. The zero-order chi connectivity index (χ0) is 22.3. The molecule has 0 radical (unpaired) electrons. The number of carboxylic acid groups (broad SMARTS) is 1. The van der Waals surface area contributed by atoms with Gasteiger partial charge in [-0.05, 0) is 55.7 Å². The summed E-state index contributed by atoms with van der Waals surface area (Å²) in [5.74, 6) is -1.35. The number of halogens is 3.